The summed E-state index contributed by atoms with van der Waals surface area (Å²) >= 11 is 0. The van der Waals surface area contributed by atoms with Crippen molar-refractivity contribution in [3.05, 3.63) is 0 Å². The minimum atomic E-state index is -0.820. The number of carbonyl (C=O) groups is 1. The van der Waals surface area contributed by atoms with Crippen LogP contribution in [-0.4, -0.2) is 37.5 Å². The van der Waals surface area contributed by atoms with Crippen LogP contribution in [0.4, 0.5) is 0 Å². The summed E-state index contributed by atoms with van der Waals surface area (Å²) in [6, 6.07) is 0. The Labute approximate surface area is 111 Å². The van der Waals surface area contributed by atoms with E-state index in [0.29, 0.717) is 6.61 Å². The van der Waals surface area contributed by atoms with Crippen LogP contribution in [0.5, 0.6) is 0 Å². The van der Waals surface area contributed by atoms with Crippen molar-refractivity contribution in [2.75, 3.05) is 20.3 Å². The summed E-state index contributed by atoms with van der Waals surface area (Å²) < 4.78 is 9.78. The van der Waals surface area contributed by atoms with Gasteiger partial charge in [-0.15, -0.1) is 0 Å². The van der Waals surface area contributed by atoms with Gasteiger partial charge in [-0.05, 0) is 6.42 Å². The summed E-state index contributed by atoms with van der Waals surface area (Å²) in [5, 5.41) is 8.92. The Bertz CT molecular complexity index is 194. The van der Waals surface area contributed by atoms with Crippen molar-refractivity contribution in [3.63, 3.8) is 0 Å². The lowest BCUT2D eigenvalue weighted by Crippen LogP contribution is -2.29. The Balaban J connectivity index is 3.31. The molecule has 0 radical (unpaired) electrons. The first kappa shape index (κ1) is 17.4. The molecule has 0 unspecified atom stereocenters. The first-order valence-electron chi connectivity index (χ1n) is 7.06. The highest BCUT2D eigenvalue weighted by Crippen LogP contribution is 2.08. The van der Waals surface area contributed by atoms with Crippen LogP contribution in [0, 0.1) is 0 Å². The molecule has 0 aliphatic carbocycles. The van der Waals surface area contributed by atoms with Gasteiger partial charge >= 0.3 is 5.97 Å². The van der Waals surface area contributed by atoms with Crippen LogP contribution >= 0.6 is 0 Å². The van der Waals surface area contributed by atoms with Gasteiger partial charge in [-0.1, -0.05) is 51.9 Å². The van der Waals surface area contributed by atoms with Gasteiger partial charge in [0.15, 0.2) is 6.10 Å². The number of carbonyl (C=O) groups excluding carboxylic acids is 1. The Morgan fingerprint density at radius 3 is 2.11 bits per heavy atom. The number of aliphatic hydroxyl groups excluding tert-OH is 1. The van der Waals surface area contributed by atoms with Gasteiger partial charge in [0, 0.05) is 6.61 Å². The molecular formula is C14H28O4. The average molecular weight is 260 g/mol. The summed E-state index contributed by atoms with van der Waals surface area (Å²) in [7, 11) is 1.30. The molecule has 0 saturated carbocycles. The van der Waals surface area contributed by atoms with Crippen LogP contribution in [0.1, 0.15) is 58.3 Å². The van der Waals surface area contributed by atoms with E-state index in [2.05, 4.69) is 11.7 Å². The van der Waals surface area contributed by atoms with E-state index in [1.54, 1.807) is 0 Å². The van der Waals surface area contributed by atoms with E-state index >= 15 is 0 Å². The summed E-state index contributed by atoms with van der Waals surface area (Å²) in [5.74, 6) is -0.503. The van der Waals surface area contributed by atoms with Gasteiger partial charge in [0.1, 0.15) is 0 Å². The Hall–Kier alpha value is -0.610. The van der Waals surface area contributed by atoms with Crippen molar-refractivity contribution in [1.29, 1.82) is 0 Å². The second-order valence-electron chi connectivity index (χ2n) is 4.54. The predicted molar refractivity (Wildman–Crippen MR) is 71.5 cm³/mol. The molecular weight excluding hydrogens is 232 g/mol. The van der Waals surface area contributed by atoms with Crippen LogP contribution < -0.4 is 0 Å². The molecule has 4 nitrogen and oxygen atoms in total. The normalized spacial score (nSPS) is 12.4. The van der Waals surface area contributed by atoms with Crippen LogP contribution in [0.2, 0.25) is 0 Å². The molecule has 0 spiro atoms. The molecule has 18 heavy (non-hydrogen) atoms. The SMILES string of the molecule is CCCCCCCCCCO[C@H](CO)C(=O)OC. The highest BCUT2D eigenvalue weighted by Gasteiger charge is 2.17. The van der Waals surface area contributed by atoms with Crippen molar-refractivity contribution >= 4 is 5.97 Å². The van der Waals surface area contributed by atoms with Crippen molar-refractivity contribution in [2.45, 2.75) is 64.4 Å². The van der Waals surface area contributed by atoms with Gasteiger partial charge in [0.2, 0.25) is 0 Å². The molecule has 0 aromatic carbocycles. The quantitative estimate of drug-likeness (QED) is 0.433. The lowest BCUT2D eigenvalue weighted by Gasteiger charge is -2.12. The Morgan fingerprint density at radius 2 is 1.61 bits per heavy atom. The summed E-state index contributed by atoms with van der Waals surface area (Å²) in [4.78, 5) is 11.1. The van der Waals surface area contributed by atoms with Gasteiger partial charge < -0.3 is 14.6 Å². The fraction of sp³-hybridized carbons (Fsp3) is 0.929. The van der Waals surface area contributed by atoms with E-state index in [9.17, 15) is 4.79 Å². The number of aliphatic hydroxyl groups is 1. The standard InChI is InChI=1S/C14H28O4/c1-3-4-5-6-7-8-9-10-11-18-13(12-15)14(16)17-2/h13,15H,3-12H2,1-2H3/t13-/m1/s1. The third-order valence-electron chi connectivity index (χ3n) is 2.95. The third kappa shape index (κ3) is 9.42. The second kappa shape index (κ2) is 12.8. The molecule has 0 aliphatic heterocycles. The fourth-order valence-corrected chi connectivity index (χ4v) is 1.79. The lowest BCUT2D eigenvalue weighted by molar-refractivity contribution is -0.156. The second-order valence-corrected chi connectivity index (χ2v) is 4.54. The Morgan fingerprint density at radius 1 is 1.06 bits per heavy atom. The number of methoxy groups -OCH3 is 1. The van der Waals surface area contributed by atoms with Gasteiger partial charge in [0.25, 0.3) is 0 Å². The van der Waals surface area contributed by atoms with Crippen LogP contribution in [0.25, 0.3) is 0 Å². The molecule has 0 heterocycles. The lowest BCUT2D eigenvalue weighted by atomic mass is 10.1. The highest BCUT2D eigenvalue weighted by atomic mass is 16.6. The smallest absolute Gasteiger partial charge is 0.337 e. The molecule has 4 heteroatoms. The van der Waals surface area contributed by atoms with Crippen LogP contribution in [0.15, 0.2) is 0 Å². The van der Waals surface area contributed by atoms with Gasteiger partial charge in [-0.2, -0.15) is 0 Å². The average Bonchev–Trinajstić information content (AvgIpc) is 2.40. The van der Waals surface area contributed by atoms with E-state index in [4.69, 9.17) is 9.84 Å². The monoisotopic (exact) mass is 260 g/mol. The van der Waals surface area contributed by atoms with Crippen molar-refractivity contribution in [1.82, 2.24) is 0 Å². The molecule has 1 N–H and O–H groups in total. The van der Waals surface area contributed by atoms with E-state index in [1.807, 2.05) is 0 Å². The third-order valence-corrected chi connectivity index (χ3v) is 2.95. The molecule has 1 atom stereocenters. The number of hydrogen-bond acceptors (Lipinski definition) is 4. The largest absolute Gasteiger partial charge is 0.467 e. The Kier molecular flexibility index (Phi) is 12.4. The number of ether oxygens (including phenoxy) is 2. The zero-order valence-corrected chi connectivity index (χ0v) is 11.8. The molecule has 0 bridgehead atoms. The van der Waals surface area contributed by atoms with E-state index in [0.717, 1.165) is 12.8 Å². The number of unbranched alkanes of at least 4 members (excludes halogenated alkanes) is 7. The van der Waals surface area contributed by atoms with Gasteiger partial charge in [-0.25, -0.2) is 4.79 Å². The zero-order chi connectivity index (χ0) is 13.6. The summed E-state index contributed by atoms with van der Waals surface area (Å²) in [5.41, 5.74) is 0. The zero-order valence-electron chi connectivity index (χ0n) is 11.8. The van der Waals surface area contributed by atoms with E-state index < -0.39 is 12.1 Å². The van der Waals surface area contributed by atoms with Crippen molar-refractivity contribution in [3.8, 4) is 0 Å². The molecule has 0 amide bonds. The molecule has 0 fully saturated rings. The molecule has 0 aliphatic rings. The van der Waals surface area contributed by atoms with Crippen molar-refractivity contribution < 1.29 is 19.4 Å². The molecule has 0 rings (SSSR count). The maximum absolute atomic E-state index is 11.1. The maximum Gasteiger partial charge on any atom is 0.337 e. The molecule has 0 saturated heterocycles. The van der Waals surface area contributed by atoms with E-state index in [-0.39, 0.29) is 6.61 Å². The van der Waals surface area contributed by atoms with Crippen LogP contribution in [-0.2, 0) is 14.3 Å². The predicted octanol–water partition coefficient (Wildman–Crippen LogP) is 2.68. The topological polar surface area (TPSA) is 55.8 Å². The molecule has 108 valence electrons. The minimum Gasteiger partial charge on any atom is -0.467 e. The van der Waals surface area contributed by atoms with E-state index in [1.165, 1.54) is 45.6 Å². The maximum atomic E-state index is 11.1. The summed E-state index contributed by atoms with van der Waals surface area (Å²) in [6.07, 6.45) is 8.99. The first-order valence-corrected chi connectivity index (χ1v) is 7.06. The first-order chi connectivity index (χ1) is 8.76. The highest BCUT2D eigenvalue weighted by molar-refractivity contribution is 5.74. The minimum absolute atomic E-state index is 0.316. The fourth-order valence-electron chi connectivity index (χ4n) is 1.79. The van der Waals surface area contributed by atoms with Gasteiger partial charge in [0.05, 0.1) is 13.7 Å². The van der Waals surface area contributed by atoms with Crippen molar-refractivity contribution in [2.24, 2.45) is 0 Å². The molecule has 0 aromatic heterocycles. The number of rotatable bonds is 12. The van der Waals surface area contributed by atoms with Crippen LogP contribution in [0.3, 0.4) is 0 Å². The van der Waals surface area contributed by atoms with Gasteiger partial charge in [-0.3, -0.25) is 0 Å². The summed E-state index contributed by atoms with van der Waals surface area (Å²) in [6.45, 7) is 2.41. The molecule has 0 aromatic rings. The number of hydrogen-bond donors (Lipinski definition) is 1. The number of esters is 1.